The lowest BCUT2D eigenvalue weighted by Gasteiger charge is -2.10. The van der Waals surface area contributed by atoms with Gasteiger partial charge in [0.05, 0.1) is 17.2 Å². The number of carbonyl (C=O) groups excluding carboxylic acids is 1. The second kappa shape index (κ2) is 9.12. The Morgan fingerprint density at radius 2 is 1.96 bits per heavy atom. The Morgan fingerprint density at radius 3 is 2.69 bits per heavy atom. The Balaban J connectivity index is 1.61. The lowest BCUT2D eigenvalue weighted by Crippen LogP contribution is -2.23. The number of hydrogen-bond acceptors (Lipinski definition) is 5. The first kappa shape index (κ1) is 18.1. The third-order valence-electron chi connectivity index (χ3n) is 3.76. The molecule has 0 spiro atoms. The van der Waals surface area contributed by atoms with Crippen LogP contribution in [-0.2, 0) is 11.3 Å². The zero-order valence-corrected chi connectivity index (χ0v) is 15.3. The van der Waals surface area contributed by atoms with Crippen LogP contribution >= 0.6 is 11.3 Å². The first-order chi connectivity index (χ1) is 12.8. The van der Waals surface area contributed by atoms with Crippen LogP contribution in [0.4, 0.5) is 0 Å². The second-order valence-electron chi connectivity index (χ2n) is 5.54. The summed E-state index contributed by atoms with van der Waals surface area (Å²) in [5.41, 5.74) is 2.48. The standard InChI is InChI=1S/C20H20N2O3S/c1-24-11-12-25-17-8-6-15(7-9-17)20(23)22-14-16-4-2-10-21-19(16)18-5-3-13-26-18/h2-10,13H,11-12,14H2,1H3,(H,22,23). The van der Waals surface area contributed by atoms with Crippen molar-refractivity contribution >= 4 is 17.2 Å². The summed E-state index contributed by atoms with van der Waals surface area (Å²) in [5, 5.41) is 4.97. The van der Waals surface area contributed by atoms with E-state index >= 15 is 0 Å². The summed E-state index contributed by atoms with van der Waals surface area (Å²) in [5.74, 6) is 0.584. The van der Waals surface area contributed by atoms with Gasteiger partial charge in [-0.2, -0.15) is 0 Å². The lowest BCUT2D eigenvalue weighted by atomic mass is 10.1. The maximum atomic E-state index is 12.4. The van der Waals surface area contributed by atoms with Crippen LogP contribution in [-0.4, -0.2) is 31.2 Å². The van der Waals surface area contributed by atoms with Gasteiger partial charge in [0, 0.05) is 25.4 Å². The van der Waals surface area contributed by atoms with Gasteiger partial charge in [-0.25, -0.2) is 0 Å². The van der Waals surface area contributed by atoms with Crippen LogP contribution in [0.5, 0.6) is 5.75 Å². The molecule has 2 aromatic heterocycles. The van der Waals surface area contributed by atoms with E-state index in [0.717, 1.165) is 16.1 Å². The smallest absolute Gasteiger partial charge is 0.251 e. The van der Waals surface area contributed by atoms with Crippen LogP contribution in [0, 0.1) is 0 Å². The molecule has 0 radical (unpaired) electrons. The molecule has 0 atom stereocenters. The van der Waals surface area contributed by atoms with E-state index in [1.54, 1.807) is 48.9 Å². The second-order valence-corrected chi connectivity index (χ2v) is 6.48. The topological polar surface area (TPSA) is 60.5 Å². The van der Waals surface area contributed by atoms with E-state index < -0.39 is 0 Å². The molecule has 0 aliphatic heterocycles. The van der Waals surface area contributed by atoms with Gasteiger partial charge in [0.25, 0.3) is 5.91 Å². The zero-order chi connectivity index (χ0) is 18.2. The van der Waals surface area contributed by atoms with Crippen LogP contribution < -0.4 is 10.1 Å². The summed E-state index contributed by atoms with van der Waals surface area (Å²) in [7, 11) is 1.63. The van der Waals surface area contributed by atoms with Crippen molar-refractivity contribution in [3.05, 3.63) is 71.2 Å². The Hall–Kier alpha value is -2.70. The monoisotopic (exact) mass is 368 g/mol. The molecule has 0 fully saturated rings. The predicted molar refractivity (Wildman–Crippen MR) is 103 cm³/mol. The highest BCUT2D eigenvalue weighted by atomic mass is 32.1. The Labute approximate surface area is 156 Å². The fraction of sp³-hybridized carbons (Fsp3) is 0.200. The summed E-state index contributed by atoms with van der Waals surface area (Å²) in [6, 6.07) is 15.0. The molecule has 3 rings (SSSR count). The Kier molecular flexibility index (Phi) is 6.35. The highest BCUT2D eigenvalue weighted by Crippen LogP contribution is 2.25. The molecule has 1 amide bonds. The molecule has 26 heavy (non-hydrogen) atoms. The Morgan fingerprint density at radius 1 is 1.12 bits per heavy atom. The van der Waals surface area contributed by atoms with Crippen molar-refractivity contribution in [3.63, 3.8) is 0 Å². The number of aromatic nitrogens is 1. The van der Waals surface area contributed by atoms with Crippen molar-refractivity contribution in [2.75, 3.05) is 20.3 Å². The molecular weight excluding hydrogens is 348 g/mol. The maximum absolute atomic E-state index is 12.4. The number of hydrogen-bond donors (Lipinski definition) is 1. The van der Waals surface area contributed by atoms with E-state index in [4.69, 9.17) is 9.47 Å². The molecule has 6 heteroatoms. The normalized spacial score (nSPS) is 10.5. The third-order valence-corrected chi connectivity index (χ3v) is 4.63. The minimum absolute atomic E-state index is 0.130. The minimum Gasteiger partial charge on any atom is -0.491 e. The largest absolute Gasteiger partial charge is 0.491 e. The van der Waals surface area contributed by atoms with Crippen molar-refractivity contribution in [2.45, 2.75) is 6.54 Å². The predicted octanol–water partition coefficient (Wildman–Crippen LogP) is 3.77. The molecule has 0 aliphatic rings. The molecule has 0 unspecified atom stereocenters. The molecular formula is C20H20N2O3S. The van der Waals surface area contributed by atoms with Gasteiger partial charge in [0.15, 0.2) is 0 Å². The average molecular weight is 368 g/mol. The lowest BCUT2D eigenvalue weighted by molar-refractivity contribution is 0.0951. The molecule has 0 saturated heterocycles. The van der Waals surface area contributed by atoms with Crippen molar-refractivity contribution in [3.8, 4) is 16.3 Å². The van der Waals surface area contributed by atoms with Gasteiger partial charge >= 0.3 is 0 Å². The number of nitrogens with one attached hydrogen (secondary N) is 1. The van der Waals surface area contributed by atoms with Gasteiger partial charge in [0.2, 0.25) is 0 Å². The molecule has 0 aliphatic carbocycles. The minimum atomic E-state index is -0.130. The van der Waals surface area contributed by atoms with Crippen LogP contribution in [0.25, 0.3) is 10.6 Å². The van der Waals surface area contributed by atoms with E-state index in [1.807, 2.05) is 29.6 Å². The number of thiophene rings is 1. The van der Waals surface area contributed by atoms with Gasteiger partial charge in [-0.05, 0) is 47.3 Å². The van der Waals surface area contributed by atoms with E-state index in [-0.39, 0.29) is 5.91 Å². The quantitative estimate of drug-likeness (QED) is 0.615. The van der Waals surface area contributed by atoms with Gasteiger partial charge in [0.1, 0.15) is 12.4 Å². The number of ether oxygens (including phenoxy) is 2. The van der Waals surface area contributed by atoms with Crippen LogP contribution in [0.3, 0.4) is 0 Å². The molecule has 3 aromatic rings. The van der Waals surface area contributed by atoms with E-state index in [0.29, 0.717) is 31.1 Å². The first-order valence-electron chi connectivity index (χ1n) is 8.25. The van der Waals surface area contributed by atoms with Gasteiger partial charge in [-0.1, -0.05) is 12.1 Å². The zero-order valence-electron chi connectivity index (χ0n) is 14.5. The fourth-order valence-electron chi connectivity index (χ4n) is 2.44. The van der Waals surface area contributed by atoms with Gasteiger partial charge in [-0.3, -0.25) is 9.78 Å². The van der Waals surface area contributed by atoms with Gasteiger partial charge in [-0.15, -0.1) is 11.3 Å². The van der Waals surface area contributed by atoms with E-state index in [9.17, 15) is 4.79 Å². The number of methoxy groups -OCH3 is 1. The van der Waals surface area contributed by atoms with Crippen molar-refractivity contribution < 1.29 is 14.3 Å². The third kappa shape index (κ3) is 4.68. The summed E-state index contributed by atoms with van der Waals surface area (Å²) in [6.07, 6.45) is 1.77. The number of carbonyl (C=O) groups is 1. The van der Waals surface area contributed by atoms with Crippen molar-refractivity contribution in [2.24, 2.45) is 0 Å². The summed E-state index contributed by atoms with van der Waals surface area (Å²) >= 11 is 1.63. The Bertz CT molecular complexity index is 833. The van der Waals surface area contributed by atoms with E-state index in [1.165, 1.54) is 0 Å². The van der Waals surface area contributed by atoms with Crippen LogP contribution in [0.1, 0.15) is 15.9 Å². The SMILES string of the molecule is COCCOc1ccc(C(=O)NCc2cccnc2-c2cccs2)cc1. The first-order valence-corrected chi connectivity index (χ1v) is 9.13. The molecule has 5 nitrogen and oxygen atoms in total. The number of benzene rings is 1. The summed E-state index contributed by atoms with van der Waals surface area (Å²) in [4.78, 5) is 17.9. The summed E-state index contributed by atoms with van der Waals surface area (Å²) in [6.45, 7) is 1.43. The molecule has 1 N–H and O–H groups in total. The van der Waals surface area contributed by atoms with Crippen molar-refractivity contribution in [1.82, 2.24) is 10.3 Å². The van der Waals surface area contributed by atoms with Crippen LogP contribution in [0.15, 0.2) is 60.1 Å². The molecule has 134 valence electrons. The number of pyridine rings is 1. The fourth-order valence-corrected chi connectivity index (χ4v) is 3.20. The molecule has 1 aromatic carbocycles. The number of nitrogens with zero attached hydrogens (tertiary/aromatic N) is 1. The number of rotatable bonds is 8. The van der Waals surface area contributed by atoms with Gasteiger partial charge < -0.3 is 14.8 Å². The highest BCUT2D eigenvalue weighted by molar-refractivity contribution is 7.13. The number of amides is 1. The average Bonchev–Trinajstić information content (AvgIpc) is 3.22. The van der Waals surface area contributed by atoms with Crippen LogP contribution in [0.2, 0.25) is 0 Å². The molecule has 0 saturated carbocycles. The molecule has 2 heterocycles. The van der Waals surface area contributed by atoms with E-state index in [2.05, 4.69) is 10.3 Å². The maximum Gasteiger partial charge on any atom is 0.251 e. The summed E-state index contributed by atoms with van der Waals surface area (Å²) < 4.78 is 10.4. The highest BCUT2D eigenvalue weighted by Gasteiger charge is 2.10. The molecule has 0 bridgehead atoms. The van der Waals surface area contributed by atoms with Crippen molar-refractivity contribution in [1.29, 1.82) is 0 Å².